The standard InChI is InChI=1S/C17H18N2O3/c1-20-14-6-3-5-13(16(14)21-2)8-10-19-11-9-18-17(19)15-7-4-12-22-15/h3-7,9,11-12H,8,10H2,1-2H3. The van der Waals surface area contributed by atoms with Crippen LogP contribution >= 0.6 is 0 Å². The lowest BCUT2D eigenvalue weighted by atomic mass is 10.1. The number of methoxy groups -OCH3 is 2. The van der Waals surface area contributed by atoms with Gasteiger partial charge in [0.2, 0.25) is 0 Å². The molecule has 3 aromatic rings. The number of ether oxygens (including phenoxy) is 2. The van der Waals surface area contributed by atoms with Gasteiger partial charge in [-0.05, 0) is 30.2 Å². The maximum absolute atomic E-state index is 5.47. The molecular formula is C17H18N2O3. The maximum Gasteiger partial charge on any atom is 0.176 e. The van der Waals surface area contributed by atoms with Gasteiger partial charge in [0.1, 0.15) is 0 Å². The van der Waals surface area contributed by atoms with Crippen molar-refractivity contribution in [2.75, 3.05) is 14.2 Å². The second-order valence-electron chi connectivity index (χ2n) is 4.82. The Balaban J connectivity index is 1.81. The van der Waals surface area contributed by atoms with Crippen LogP contribution in [0.3, 0.4) is 0 Å². The van der Waals surface area contributed by atoms with Gasteiger partial charge < -0.3 is 18.5 Å². The number of hydrogen-bond acceptors (Lipinski definition) is 4. The van der Waals surface area contributed by atoms with Crippen molar-refractivity contribution in [3.63, 3.8) is 0 Å². The molecule has 0 amide bonds. The quantitative estimate of drug-likeness (QED) is 0.700. The van der Waals surface area contributed by atoms with Gasteiger partial charge in [0.15, 0.2) is 23.1 Å². The minimum Gasteiger partial charge on any atom is -0.493 e. The van der Waals surface area contributed by atoms with Crippen LogP contribution in [0.4, 0.5) is 0 Å². The van der Waals surface area contributed by atoms with Crippen LogP contribution in [0.25, 0.3) is 11.6 Å². The van der Waals surface area contributed by atoms with Crippen molar-refractivity contribution in [3.05, 3.63) is 54.6 Å². The molecule has 0 saturated heterocycles. The second kappa shape index (κ2) is 6.39. The Morgan fingerprint density at radius 3 is 2.77 bits per heavy atom. The zero-order chi connectivity index (χ0) is 15.4. The summed E-state index contributed by atoms with van der Waals surface area (Å²) in [5, 5.41) is 0. The van der Waals surface area contributed by atoms with Crippen LogP contribution in [0.5, 0.6) is 11.5 Å². The fraction of sp³-hybridized carbons (Fsp3) is 0.235. The number of nitrogens with zero attached hydrogens (tertiary/aromatic N) is 2. The molecule has 1 aromatic carbocycles. The Morgan fingerprint density at radius 1 is 1.14 bits per heavy atom. The molecule has 3 rings (SSSR count). The molecule has 0 N–H and O–H groups in total. The van der Waals surface area contributed by atoms with E-state index in [1.54, 1.807) is 26.7 Å². The van der Waals surface area contributed by atoms with E-state index in [1.165, 1.54) is 0 Å². The first-order chi connectivity index (χ1) is 10.8. The largest absolute Gasteiger partial charge is 0.493 e. The molecule has 22 heavy (non-hydrogen) atoms. The predicted octanol–water partition coefficient (Wildman–Crippen LogP) is 3.40. The number of imidazole rings is 1. The van der Waals surface area contributed by atoms with Gasteiger partial charge in [-0.2, -0.15) is 0 Å². The van der Waals surface area contributed by atoms with Crippen LogP contribution in [-0.2, 0) is 13.0 Å². The fourth-order valence-electron chi connectivity index (χ4n) is 2.51. The van der Waals surface area contributed by atoms with Gasteiger partial charge in [-0.1, -0.05) is 12.1 Å². The van der Waals surface area contributed by atoms with Crippen LogP contribution in [0, 0.1) is 0 Å². The summed E-state index contributed by atoms with van der Waals surface area (Å²) in [7, 11) is 3.30. The van der Waals surface area contributed by atoms with E-state index in [-0.39, 0.29) is 0 Å². The van der Waals surface area contributed by atoms with Gasteiger partial charge in [-0.15, -0.1) is 0 Å². The molecule has 5 heteroatoms. The van der Waals surface area contributed by atoms with Crippen LogP contribution in [-0.4, -0.2) is 23.8 Å². The third kappa shape index (κ3) is 2.70. The number of hydrogen-bond donors (Lipinski definition) is 0. The van der Waals surface area contributed by atoms with Gasteiger partial charge in [0, 0.05) is 18.9 Å². The molecule has 114 valence electrons. The van der Waals surface area contributed by atoms with Crippen molar-refractivity contribution in [1.82, 2.24) is 9.55 Å². The third-order valence-corrected chi connectivity index (χ3v) is 3.56. The van der Waals surface area contributed by atoms with Crippen molar-refractivity contribution in [3.8, 4) is 23.1 Å². The van der Waals surface area contributed by atoms with Crippen molar-refractivity contribution in [1.29, 1.82) is 0 Å². The van der Waals surface area contributed by atoms with Crippen molar-refractivity contribution in [2.24, 2.45) is 0 Å². The van der Waals surface area contributed by atoms with E-state index >= 15 is 0 Å². The van der Waals surface area contributed by atoms with Gasteiger partial charge in [0.25, 0.3) is 0 Å². The van der Waals surface area contributed by atoms with Crippen molar-refractivity contribution in [2.45, 2.75) is 13.0 Å². The minimum absolute atomic E-state index is 0.747. The summed E-state index contributed by atoms with van der Waals surface area (Å²) < 4.78 is 18.3. The Labute approximate surface area is 129 Å². The molecule has 0 radical (unpaired) electrons. The van der Waals surface area contributed by atoms with Gasteiger partial charge in [0.05, 0.1) is 20.5 Å². The summed E-state index contributed by atoms with van der Waals surface area (Å²) in [5.74, 6) is 3.12. The topological polar surface area (TPSA) is 49.4 Å². The maximum atomic E-state index is 5.47. The molecule has 0 fully saturated rings. The molecule has 5 nitrogen and oxygen atoms in total. The fourth-order valence-corrected chi connectivity index (χ4v) is 2.51. The Bertz CT molecular complexity index is 732. The molecule has 0 bridgehead atoms. The average molecular weight is 298 g/mol. The van der Waals surface area contributed by atoms with E-state index in [0.29, 0.717) is 0 Å². The van der Waals surface area contributed by atoms with Crippen LogP contribution in [0.1, 0.15) is 5.56 Å². The zero-order valence-electron chi connectivity index (χ0n) is 12.7. The molecular weight excluding hydrogens is 280 g/mol. The van der Waals surface area contributed by atoms with E-state index < -0.39 is 0 Å². The Hall–Kier alpha value is -2.69. The summed E-state index contributed by atoms with van der Waals surface area (Å²) >= 11 is 0. The molecule has 2 heterocycles. The molecule has 0 saturated carbocycles. The summed E-state index contributed by atoms with van der Waals surface area (Å²) in [5.41, 5.74) is 1.10. The number of furan rings is 1. The van der Waals surface area contributed by atoms with E-state index in [2.05, 4.69) is 9.55 Å². The normalized spacial score (nSPS) is 10.6. The van der Waals surface area contributed by atoms with Gasteiger partial charge >= 0.3 is 0 Å². The first-order valence-corrected chi connectivity index (χ1v) is 7.08. The van der Waals surface area contributed by atoms with E-state index in [1.807, 2.05) is 36.5 Å². The van der Waals surface area contributed by atoms with Crippen molar-refractivity contribution < 1.29 is 13.9 Å². The highest BCUT2D eigenvalue weighted by Gasteiger charge is 2.12. The van der Waals surface area contributed by atoms with E-state index in [4.69, 9.17) is 13.9 Å². The molecule has 2 aromatic heterocycles. The monoisotopic (exact) mass is 298 g/mol. The number of rotatable bonds is 6. The molecule has 0 unspecified atom stereocenters. The highest BCUT2D eigenvalue weighted by molar-refractivity contribution is 5.48. The lowest BCUT2D eigenvalue weighted by Gasteiger charge is -2.13. The number of benzene rings is 1. The first kappa shape index (κ1) is 14.3. The van der Waals surface area contributed by atoms with E-state index in [0.717, 1.165) is 41.6 Å². The van der Waals surface area contributed by atoms with Crippen LogP contribution in [0.15, 0.2) is 53.4 Å². The Kier molecular flexibility index (Phi) is 4.14. The SMILES string of the molecule is COc1cccc(CCn2ccnc2-c2ccco2)c1OC. The summed E-state index contributed by atoms with van der Waals surface area (Å²) in [6, 6.07) is 9.68. The second-order valence-corrected chi connectivity index (χ2v) is 4.82. The van der Waals surface area contributed by atoms with E-state index in [9.17, 15) is 0 Å². The molecule has 0 spiro atoms. The third-order valence-electron chi connectivity index (χ3n) is 3.56. The highest BCUT2D eigenvalue weighted by atomic mass is 16.5. The highest BCUT2D eigenvalue weighted by Crippen LogP contribution is 2.31. The van der Waals surface area contributed by atoms with Crippen LogP contribution < -0.4 is 9.47 Å². The number of para-hydroxylation sites is 1. The summed E-state index contributed by atoms with van der Waals surface area (Å²) in [6.45, 7) is 0.777. The van der Waals surface area contributed by atoms with Crippen molar-refractivity contribution >= 4 is 0 Å². The molecule has 0 aliphatic heterocycles. The lowest BCUT2D eigenvalue weighted by Crippen LogP contribution is -2.04. The summed E-state index contributed by atoms with van der Waals surface area (Å²) in [4.78, 5) is 4.36. The predicted molar refractivity (Wildman–Crippen MR) is 83.2 cm³/mol. The average Bonchev–Trinajstić information content (AvgIpc) is 3.22. The summed E-state index contributed by atoms with van der Waals surface area (Å²) in [6.07, 6.45) is 6.19. The Morgan fingerprint density at radius 2 is 2.05 bits per heavy atom. The van der Waals surface area contributed by atoms with Crippen LogP contribution in [0.2, 0.25) is 0 Å². The zero-order valence-corrected chi connectivity index (χ0v) is 12.7. The molecule has 0 atom stereocenters. The molecule has 0 aliphatic rings. The number of aryl methyl sites for hydroxylation is 2. The minimum atomic E-state index is 0.747. The number of aromatic nitrogens is 2. The first-order valence-electron chi connectivity index (χ1n) is 7.08. The van der Waals surface area contributed by atoms with Gasteiger partial charge in [-0.3, -0.25) is 0 Å². The van der Waals surface area contributed by atoms with Gasteiger partial charge in [-0.25, -0.2) is 4.98 Å². The molecule has 0 aliphatic carbocycles. The smallest absolute Gasteiger partial charge is 0.176 e. The lowest BCUT2D eigenvalue weighted by molar-refractivity contribution is 0.351.